The van der Waals surface area contributed by atoms with E-state index in [0.29, 0.717) is 40.4 Å². The summed E-state index contributed by atoms with van der Waals surface area (Å²) in [6.45, 7) is 0.494. The van der Waals surface area contributed by atoms with Crippen LogP contribution in [0, 0.1) is 0 Å². The van der Waals surface area contributed by atoms with Gasteiger partial charge in [0.25, 0.3) is 5.91 Å². The minimum absolute atomic E-state index is 0.260. The number of ether oxygens (including phenoxy) is 1. The summed E-state index contributed by atoms with van der Waals surface area (Å²) in [6, 6.07) is 6.61. The molecule has 3 aromatic heterocycles. The molecule has 152 valence electrons. The number of carbonyl (C=O) groups excluding carboxylic acids is 2. The molecule has 0 aliphatic carbocycles. The predicted octanol–water partition coefficient (Wildman–Crippen LogP) is 2.59. The predicted molar refractivity (Wildman–Crippen MR) is 107 cm³/mol. The number of halogens is 1. The summed E-state index contributed by atoms with van der Waals surface area (Å²) in [5.41, 5.74) is 6.87. The maximum absolute atomic E-state index is 13.1. The third-order valence-electron chi connectivity index (χ3n) is 4.57. The molecule has 4 heterocycles. The van der Waals surface area contributed by atoms with Gasteiger partial charge in [-0.3, -0.25) is 4.79 Å². The fourth-order valence-electron chi connectivity index (χ4n) is 3.15. The highest BCUT2D eigenvalue weighted by atomic mass is 79.9. The van der Waals surface area contributed by atoms with Crippen LogP contribution in [0.15, 0.2) is 33.4 Å². The van der Waals surface area contributed by atoms with Crippen LogP contribution in [0.1, 0.15) is 23.2 Å². The number of nitrogens with two attached hydrogens (primary N) is 1. The van der Waals surface area contributed by atoms with Crippen LogP contribution in [0.2, 0.25) is 0 Å². The number of hydrogen-bond donors (Lipinski definition) is 1. The summed E-state index contributed by atoms with van der Waals surface area (Å²) in [7, 11) is 3.19. The number of aromatic nitrogens is 3. The van der Waals surface area contributed by atoms with E-state index in [9.17, 15) is 9.59 Å². The molecule has 1 aliphatic heterocycles. The second kappa shape index (κ2) is 7.39. The fraction of sp³-hybridized carbons (Fsp3) is 0.333. The standard InChI is InChI=1S/C18H19BrN6O4/c1-23(2)18(27)29-15-4-3-7-24(15)17(26)10-8-13(20)25-14(9-10)21-16(22-25)11-5-6-12(19)28-11/h5-6,8-9,15H,3-4,7,20H2,1-2H3. The number of carbonyl (C=O) groups is 2. The van der Waals surface area contributed by atoms with Crippen molar-refractivity contribution in [3.05, 3.63) is 34.5 Å². The molecule has 0 radical (unpaired) electrons. The number of nitrogens with zero attached hydrogens (tertiary/aromatic N) is 5. The van der Waals surface area contributed by atoms with E-state index in [-0.39, 0.29) is 11.7 Å². The van der Waals surface area contributed by atoms with E-state index in [1.165, 1.54) is 20.4 Å². The molecular formula is C18H19BrN6O4. The van der Waals surface area contributed by atoms with Gasteiger partial charge in [-0.15, -0.1) is 5.10 Å². The minimum Gasteiger partial charge on any atom is -0.446 e. The second-order valence-corrected chi connectivity index (χ2v) is 7.63. The van der Waals surface area contributed by atoms with E-state index in [4.69, 9.17) is 14.9 Å². The van der Waals surface area contributed by atoms with Gasteiger partial charge >= 0.3 is 6.09 Å². The van der Waals surface area contributed by atoms with E-state index in [0.717, 1.165) is 6.42 Å². The van der Waals surface area contributed by atoms with Crippen LogP contribution in [0.4, 0.5) is 10.6 Å². The normalized spacial score (nSPS) is 16.4. The van der Waals surface area contributed by atoms with E-state index < -0.39 is 12.3 Å². The van der Waals surface area contributed by atoms with E-state index >= 15 is 0 Å². The van der Waals surface area contributed by atoms with E-state index in [1.807, 2.05) is 0 Å². The zero-order valence-corrected chi connectivity index (χ0v) is 17.4. The smallest absolute Gasteiger partial charge is 0.411 e. The lowest BCUT2D eigenvalue weighted by Crippen LogP contribution is -2.40. The Labute approximate surface area is 174 Å². The largest absolute Gasteiger partial charge is 0.446 e. The average molecular weight is 463 g/mol. The number of furan rings is 1. The molecule has 1 atom stereocenters. The van der Waals surface area contributed by atoms with Gasteiger partial charge in [0.05, 0.1) is 0 Å². The Balaban J connectivity index is 1.63. The lowest BCUT2D eigenvalue weighted by molar-refractivity contribution is 0.00458. The molecule has 3 aromatic rings. The van der Waals surface area contributed by atoms with Gasteiger partial charge in [-0.1, -0.05) is 0 Å². The lowest BCUT2D eigenvalue weighted by atomic mass is 10.2. The monoisotopic (exact) mass is 462 g/mol. The van der Waals surface area contributed by atoms with Crippen LogP contribution in [0.3, 0.4) is 0 Å². The fourth-order valence-corrected chi connectivity index (χ4v) is 3.46. The van der Waals surface area contributed by atoms with Crippen molar-refractivity contribution in [3.8, 4) is 11.6 Å². The molecule has 1 aliphatic rings. The summed E-state index contributed by atoms with van der Waals surface area (Å²) < 4.78 is 12.9. The zero-order chi connectivity index (χ0) is 20.7. The van der Waals surface area contributed by atoms with Crippen LogP contribution < -0.4 is 5.73 Å². The third-order valence-corrected chi connectivity index (χ3v) is 4.99. The van der Waals surface area contributed by atoms with Crippen LogP contribution in [0.25, 0.3) is 17.2 Å². The summed E-state index contributed by atoms with van der Waals surface area (Å²) in [4.78, 5) is 32.2. The van der Waals surface area contributed by atoms with Crippen LogP contribution >= 0.6 is 15.9 Å². The molecule has 0 bridgehead atoms. The number of hydrogen-bond acceptors (Lipinski definition) is 7. The molecule has 0 spiro atoms. The van der Waals surface area contributed by atoms with Crippen LogP contribution in [-0.2, 0) is 4.74 Å². The SMILES string of the molecule is CN(C)C(=O)OC1CCCN1C(=O)c1cc(N)n2nc(-c3ccc(Br)o3)nc2c1. The van der Waals surface area contributed by atoms with Gasteiger partial charge < -0.3 is 24.7 Å². The Morgan fingerprint density at radius 3 is 2.83 bits per heavy atom. The number of nitrogen functional groups attached to an aromatic ring is 1. The average Bonchev–Trinajstić information content (AvgIpc) is 3.40. The summed E-state index contributed by atoms with van der Waals surface area (Å²) in [5, 5.41) is 4.33. The van der Waals surface area contributed by atoms with E-state index in [1.54, 1.807) is 32.3 Å². The number of amides is 2. The first-order chi connectivity index (χ1) is 13.8. The first kappa shape index (κ1) is 19.2. The Kier molecular flexibility index (Phi) is 4.91. The van der Waals surface area contributed by atoms with Crippen molar-refractivity contribution in [2.45, 2.75) is 19.1 Å². The number of rotatable bonds is 3. The molecule has 29 heavy (non-hydrogen) atoms. The first-order valence-electron chi connectivity index (χ1n) is 8.94. The molecule has 1 fully saturated rings. The lowest BCUT2D eigenvalue weighted by Gasteiger charge is -2.25. The summed E-state index contributed by atoms with van der Waals surface area (Å²) >= 11 is 3.24. The summed E-state index contributed by atoms with van der Waals surface area (Å²) in [6.07, 6.45) is 0.239. The molecule has 11 heteroatoms. The van der Waals surface area contributed by atoms with Crippen molar-refractivity contribution in [3.63, 3.8) is 0 Å². The molecule has 0 aromatic carbocycles. The number of anilines is 1. The Morgan fingerprint density at radius 1 is 1.34 bits per heavy atom. The summed E-state index contributed by atoms with van der Waals surface area (Å²) in [5.74, 6) is 0.809. The molecule has 2 N–H and O–H groups in total. The van der Waals surface area contributed by atoms with Crippen molar-refractivity contribution in [2.75, 3.05) is 26.4 Å². The third kappa shape index (κ3) is 3.65. The second-order valence-electron chi connectivity index (χ2n) is 6.85. The molecular weight excluding hydrogens is 444 g/mol. The van der Waals surface area contributed by atoms with Gasteiger partial charge in [0.2, 0.25) is 5.82 Å². The maximum Gasteiger partial charge on any atom is 0.411 e. The van der Waals surface area contributed by atoms with Crippen LogP contribution in [-0.4, -0.2) is 63.3 Å². The first-order valence-corrected chi connectivity index (χ1v) is 9.73. The Hall–Kier alpha value is -3.08. The van der Waals surface area contributed by atoms with Crippen LogP contribution in [0.5, 0.6) is 0 Å². The maximum atomic E-state index is 13.1. The number of fused-ring (bicyclic) bond motifs is 1. The van der Waals surface area contributed by atoms with Gasteiger partial charge in [0.1, 0.15) is 5.82 Å². The van der Waals surface area contributed by atoms with Gasteiger partial charge in [0, 0.05) is 32.6 Å². The zero-order valence-electron chi connectivity index (χ0n) is 15.8. The van der Waals surface area contributed by atoms with Gasteiger partial charge in [0.15, 0.2) is 22.3 Å². The topological polar surface area (TPSA) is 119 Å². The van der Waals surface area contributed by atoms with Crippen molar-refractivity contribution >= 4 is 39.4 Å². The quantitative estimate of drug-likeness (QED) is 0.634. The Morgan fingerprint density at radius 2 is 2.14 bits per heavy atom. The molecule has 1 unspecified atom stereocenters. The molecule has 10 nitrogen and oxygen atoms in total. The van der Waals surface area contributed by atoms with E-state index in [2.05, 4.69) is 26.0 Å². The molecule has 0 saturated carbocycles. The van der Waals surface area contributed by atoms with Crippen molar-refractivity contribution in [1.82, 2.24) is 24.4 Å². The van der Waals surface area contributed by atoms with Crippen molar-refractivity contribution in [2.24, 2.45) is 0 Å². The Bertz CT molecular complexity index is 1090. The molecule has 2 amide bonds. The van der Waals surface area contributed by atoms with Crippen molar-refractivity contribution in [1.29, 1.82) is 0 Å². The van der Waals surface area contributed by atoms with Gasteiger partial charge in [-0.05, 0) is 46.6 Å². The van der Waals surface area contributed by atoms with Gasteiger partial charge in [-0.25, -0.2) is 9.78 Å². The number of pyridine rings is 1. The molecule has 1 saturated heterocycles. The highest BCUT2D eigenvalue weighted by Crippen LogP contribution is 2.26. The van der Waals surface area contributed by atoms with Crippen molar-refractivity contribution < 1.29 is 18.7 Å². The van der Waals surface area contributed by atoms with Gasteiger partial charge in [-0.2, -0.15) is 4.52 Å². The minimum atomic E-state index is -0.608. The highest BCUT2D eigenvalue weighted by Gasteiger charge is 2.33. The highest BCUT2D eigenvalue weighted by molar-refractivity contribution is 9.10. The molecule has 4 rings (SSSR count). The number of likely N-dealkylation sites (tertiary alicyclic amines) is 1.